The van der Waals surface area contributed by atoms with Gasteiger partial charge in [0.2, 0.25) is 11.5 Å². The van der Waals surface area contributed by atoms with Crippen LogP contribution in [0.3, 0.4) is 0 Å². The van der Waals surface area contributed by atoms with E-state index in [4.69, 9.17) is 5.73 Å². The second-order valence-electron chi connectivity index (χ2n) is 3.98. The molecule has 1 aliphatic carbocycles. The van der Waals surface area contributed by atoms with Crippen LogP contribution in [0.15, 0.2) is 4.63 Å². The van der Waals surface area contributed by atoms with Crippen LogP contribution < -0.4 is 5.73 Å². The summed E-state index contributed by atoms with van der Waals surface area (Å²) in [6.07, 6.45) is 3.66. The van der Waals surface area contributed by atoms with Crippen LogP contribution in [-0.4, -0.2) is 34.7 Å². The Balaban J connectivity index is 1.97. The summed E-state index contributed by atoms with van der Waals surface area (Å²) >= 11 is 0. The molecule has 0 radical (unpaired) electrons. The number of nitrogen functional groups attached to an aromatic ring is 1. The van der Waals surface area contributed by atoms with Crippen molar-refractivity contribution in [1.29, 1.82) is 0 Å². The van der Waals surface area contributed by atoms with E-state index in [0.717, 1.165) is 6.54 Å². The topological polar surface area (TPSA) is 85.2 Å². The molecule has 2 rings (SSSR count). The lowest BCUT2D eigenvalue weighted by atomic mass is 9.85. The molecule has 1 heterocycles. The first-order chi connectivity index (χ1) is 7.18. The maximum Gasteiger partial charge on any atom is 0.279 e. The van der Waals surface area contributed by atoms with E-state index >= 15 is 0 Å². The van der Waals surface area contributed by atoms with Crippen molar-refractivity contribution in [2.75, 3.05) is 19.3 Å². The Bertz CT molecular complexity index is 359. The summed E-state index contributed by atoms with van der Waals surface area (Å²) in [6.45, 7) is 0.755. The third-order valence-electron chi connectivity index (χ3n) is 2.82. The number of carbonyl (C=O) groups is 1. The molecular formula is C9H14N4O2. The fourth-order valence-electron chi connectivity index (χ4n) is 1.67. The lowest BCUT2D eigenvalue weighted by Gasteiger charge is -2.29. The van der Waals surface area contributed by atoms with Crippen molar-refractivity contribution in [2.24, 2.45) is 5.92 Å². The maximum atomic E-state index is 11.8. The average Bonchev–Trinajstić information content (AvgIpc) is 2.56. The van der Waals surface area contributed by atoms with Gasteiger partial charge in [0.05, 0.1) is 0 Å². The SMILES string of the molecule is CN(CC1CCC1)C(=O)c1nonc1N. The van der Waals surface area contributed by atoms with Crippen molar-refractivity contribution in [3.8, 4) is 0 Å². The quantitative estimate of drug-likeness (QED) is 0.786. The zero-order valence-electron chi connectivity index (χ0n) is 8.64. The Kier molecular flexibility index (Phi) is 2.57. The number of rotatable bonds is 3. The summed E-state index contributed by atoms with van der Waals surface area (Å²) in [4.78, 5) is 13.4. The fraction of sp³-hybridized carbons (Fsp3) is 0.667. The third-order valence-corrected chi connectivity index (χ3v) is 2.82. The van der Waals surface area contributed by atoms with Gasteiger partial charge in [-0.25, -0.2) is 4.63 Å². The lowest BCUT2D eigenvalue weighted by molar-refractivity contribution is 0.0735. The van der Waals surface area contributed by atoms with Crippen LogP contribution in [0.5, 0.6) is 0 Å². The monoisotopic (exact) mass is 210 g/mol. The average molecular weight is 210 g/mol. The summed E-state index contributed by atoms with van der Waals surface area (Å²) in [5, 5.41) is 6.86. The van der Waals surface area contributed by atoms with E-state index in [-0.39, 0.29) is 17.4 Å². The van der Waals surface area contributed by atoms with E-state index in [0.29, 0.717) is 5.92 Å². The molecule has 1 amide bonds. The highest BCUT2D eigenvalue weighted by atomic mass is 16.6. The van der Waals surface area contributed by atoms with Crippen LogP contribution >= 0.6 is 0 Å². The minimum Gasteiger partial charge on any atom is -0.379 e. The van der Waals surface area contributed by atoms with Crippen LogP contribution in [0.4, 0.5) is 5.82 Å². The molecule has 0 saturated heterocycles. The van der Waals surface area contributed by atoms with Gasteiger partial charge in [0, 0.05) is 13.6 Å². The summed E-state index contributed by atoms with van der Waals surface area (Å²) in [6, 6.07) is 0. The number of hydrogen-bond acceptors (Lipinski definition) is 5. The number of anilines is 1. The first-order valence-electron chi connectivity index (χ1n) is 5.02. The standard InChI is InChI=1S/C9H14N4O2/c1-13(5-6-3-2-4-6)9(14)7-8(10)12-15-11-7/h6H,2-5H2,1H3,(H2,10,12). The molecule has 6 heteroatoms. The zero-order valence-corrected chi connectivity index (χ0v) is 8.64. The summed E-state index contributed by atoms with van der Waals surface area (Å²) in [5.41, 5.74) is 5.55. The van der Waals surface area contributed by atoms with E-state index in [1.165, 1.54) is 19.3 Å². The Morgan fingerprint density at radius 1 is 1.60 bits per heavy atom. The van der Waals surface area contributed by atoms with Crippen LogP contribution in [-0.2, 0) is 0 Å². The Hall–Kier alpha value is -1.59. The molecule has 0 aliphatic heterocycles. The Labute approximate surface area is 87.4 Å². The number of carbonyl (C=O) groups excluding carboxylic acids is 1. The van der Waals surface area contributed by atoms with E-state index in [2.05, 4.69) is 14.9 Å². The lowest BCUT2D eigenvalue weighted by Crippen LogP contribution is -2.34. The second kappa shape index (κ2) is 3.88. The summed E-state index contributed by atoms with van der Waals surface area (Å²) in [7, 11) is 1.74. The van der Waals surface area contributed by atoms with E-state index < -0.39 is 0 Å². The molecule has 1 saturated carbocycles. The second-order valence-corrected chi connectivity index (χ2v) is 3.98. The van der Waals surface area contributed by atoms with Gasteiger partial charge in [-0.15, -0.1) is 0 Å². The first-order valence-corrected chi connectivity index (χ1v) is 5.02. The van der Waals surface area contributed by atoms with Gasteiger partial charge in [0.25, 0.3) is 5.91 Å². The third kappa shape index (κ3) is 1.93. The molecule has 1 aromatic rings. The van der Waals surface area contributed by atoms with Gasteiger partial charge < -0.3 is 10.6 Å². The predicted molar refractivity (Wildman–Crippen MR) is 53.0 cm³/mol. The van der Waals surface area contributed by atoms with Gasteiger partial charge in [0.15, 0.2) is 0 Å². The number of nitrogens with two attached hydrogens (primary N) is 1. The molecule has 0 bridgehead atoms. The van der Waals surface area contributed by atoms with Gasteiger partial charge in [0.1, 0.15) is 0 Å². The highest BCUT2D eigenvalue weighted by Crippen LogP contribution is 2.27. The molecule has 0 spiro atoms. The van der Waals surface area contributed by atoms with Gasteiger partial charge in [-0.1, -0.05) is 6.42 Å². The Morgan fingerprint density at radius 3 is 2.80 bits per heavy atom. The fourth-order valence-corrected chi connectivity index (χ4v) is 1.67. The maximum absolute atomic E-state index is 11.8. The highest BCUT2D eigenvalue weighted by Gasteiger charge is 2.25. The van der Waals surface area contributed by atoms with Crippen molar-refractivity contribution in [2.45, 2.75) is 19.3 Å². The van der Waals surface area contributed by atoms with Crippen LogP contribution in [0.2, 0.25) is 0 Å². The van der Waals surface area contributed by atoms with Gasteiger partial charge >= 0.3 is 0 Å². The van der Waals surface area contributed by atoms with Crippen molar-refractivity contribution >= 4 is 11.7 Å². The predicted octanol–water partition coefficient (Wildman–Crippen LogP) is 0.524. The smallest absolute Gasteiger partial charge is 0.279 e. The summed E-state index contributed by atoms with van der Waals surface area (Å²) in [5.74, 6) is 0.459. The van der Waals surface area contributed by atoms with Crippen LogP contribution in [0.1, 0.15) is 29.8 Å². The van der Waals surface area contributed by atoms with E-state index in [1.807, 2.05) is 0 Å². The molecule has 0 aromatic carbocycles. The van der Waals surface area contributed by atoms with Crippen molar-refractivity contribution in [3.63, 3.8) is 0 Å². The van der Waals surface area contributed by atoms with Crippen LogP contribution in [0.25, 0.3) is 0 Å². The van der Waals surface area contributed by atoms with Crippen molar-refractivity contribution in [3.05, 3.63) is 5.69 Å². The molecule has 2 N–H and O–H groups in total. The van der Waals surface area contributed by atoms with Crippen LogP contribution in [0, 0.1) is 5.92 Å². The van der Waals surface area contributed by atoms with Gasteiger partial charge in [-0.3, -0.25) is 4.79 Å². The first kappa shape index (κ1) is 9.95. The minimum absolute atomic E-state index is 0.0560. The zero-order chi connectivity index (χ0) is 10.8. The van der Waals surface area contributed by atoms with Crippen molar-refractivity contribution in [1.82, 2.24) is 15.2 Å². The van der Waals surface area contributed by atoms with E-state index in [9.17, 15) is 4.79 Å². The molecule has 0 atom stereocenters. The molecule has 1 aromatic heterocycles. The van der Waals surface area contributed by atoms with Gasteiger partial charge in [-0.05, 0) is 29.1 Å². The normalized spacial score (nSPS) is 16.1. The highest BCUT2D eigenvalue weighted by molar-refractivity contribution is 5.95. The molecule has 15 heavy (non-hydrogen) atoms. The molecular weight excluding hydrogens is 196 g/mol. The molecule has 0 unspecified atom stereocenters. The minimum atomic E-state index is -0.222. The summed E-state index contributed by atoms with van der Waals surface area (Å²) < 4.78 is 4.39. The molecule has 1 fully saturated rings. The number of hydrogen-bond donors (Lipinski definition) is 1. The number of amides is 1. The van der Waals surface area contributed by atoms with Gasteiger partial charge in [-0.2, -0.15) is 0 Å². The molecule has 6 nitrogen and oxygen atoms in total. The number of nitrogens with zero attached hydrogens (tertiary/aromatic N) is 3. The Morgan fingerprint density at radius 2 is 2.33 bits per heavy atom. The van der Waals surface area contributed by atoms with Crippen molar-refractivity contribution < 1.29 is 9.42 Å². The largest absolute Gasteiger partial charge is 0.379 e. The molecule has 1 aliphatic rings. The molecule has 82 valence electrons. The number of aromatic nitrogens is 2. The van der Waals surface area contributed by atoms with E-state index in [1.54, 1.807) is 11.9 Å².